The maximum atomic E-state index is 12.2. The Kier molecular flexibility index (Phi) is 4.73. The molecule has 0 saturated carbocycles. The van der Waals surface area contributed by atoms with Gasteiger partial charge in [0.05, 0.1) is 30.9 Å². The Bertz CT molecular complexity index is 881. The molecule has 0 amide bonds. The minimum atomic E-state index is -0.452. The number of benzene rings is 1. The Labute approximate surface area is 155 Å². The SMILES string of the molecule is COc1ccccc1C1=N/C(=C\c2ccc(N3CCOCC3)s2)C(=O)O1. The number of para-hydroxylation sites is 1. The Morgan fingerprint density at radius 2 is 2.00 bits per heavy atom. The van der Waals surface area contributed by atoms with E-state index >= 15 is 0 Å². The number of methoxy groups -OCH3 is 1. The zero-order valence-electron chi connectivity index (χ0n) is 14.3. The van der Waals surface area contributed by atoms with Crippen LogP contribution in [-0.2, 0) is 14.3 Å². The predicted molar refractivity (Wildman–Crippen MR) is 101 cm³/mol. The van der Waals surface area contributed by atoms with Crippen molar-refractivity contribution in [3.63, 3.8) is 0 Å². The van der Waals surface area contributed by atoms with Crippen molar-refractivity contribution in [2.24, 2.45) is 4.99 Å². The molecule has 1 aromatic heterocycles. The summed E-state index contributed by atoms with van der Waals surface area (Å²) in [7, 11) is 1.58. The fourth-order valence-electron chi connectivity index (χ4n) is 2.85. The largest absolute Gasteiger partial charge is 0.496 e. The van der Waals surface area contributed by atoms with E-state index < -0.39 is 5.97 Å². The van der Waals surface area contributed by atoms with Crippen molar-refractivity contribution >= 4 is 34.3 Å². The van der Waals surface area contributed by atoms with Crippen LogP contribution in [0.25, 0.3) is 6.08 Å². The van der Waals surface area contributed by atoms with E-state index in [4.69, 9.17) is 14.2 Å². The van der Waals surface area contributed by atoms with Crippen molar-refractivity contribution in [3.8, 4) is 5.75 Å². The van der Waals surface area contributed by atoms with Gasteiger partial charge >= 0.3 is 5.97 Å². The monoisotopic (exact) mass is 370 g/mol. The molecule has 0 N–H and O–H groups in total. The van der Waals surface area contributed by atoms with Crippen LogP contribution < -0.4 is 9.64 Å². The highest BCUT2D eigenvalue weighted by Gasteiger charge is 2.26. The molecule has 1 fully saturated rings. The molecule has 134 valence electrons. The summed E-state index contributed by atoms with van der Waals surface area (Å²) in [5.74, 6) is 0.432. The van der Waals surface area contributed by atoms with Gasteiger partial charge in [0.2, 0.25) is 5.90 Å². The first-order valence-corrected chi connectivity index (χ1v) is 9.15. The molecule has 6 nitrogen and oxygen atoms in total. The van der Waals surface area contributed by atoms with E-state index in [1.54, 1.807) is 30.6 Å². The normalized spacial score (nSPS) is 18.8. The molecule has 7 heteroatoms. The number of carbonyl (C=O) groups excluding carboxylic acids is 1. The van der Waals surface area contributed by atoms with Crippen LogP contribution in [0.5, 0.6) is 5.75 Å². The quantitative estimate of drug-likeness (QED) is 0.612. The summed E-state index contributed by atoms with van der Waals surface area (Å²) in [4.78, 5) is 19.8. The average Bonchev–Trinajstić information content (AvgIpc) is 3.30. The van der Waals surface area contributed by atoms with Gasteiger partial charge in [-0.25, -0.2) is 9.79 Å². The summed E-state index contributed by atoms with van der Waals surface area (Å²) in [5, 5.41) is 1.17. The second kappa shape index (κ2) is 7.31. The topological polar surface area (TPSA) is 60.4 Å². The van der Waals surface area contributed by atoms with E-state index in [2.05, 4.69) is 16.0 Å². The number of nitrogens with zero attached hydrogens (tertiary/aromatic N) is 2. The van der Waals surface area contributed by atoms with Crippen LogP contribution in [0, 0.1) is 0 Å². The van der Waals surface area contributed by atoms with Crippen molar-refractivity contribution in [3.05, 3.63) is 52.5 Å². The molecule has 3 heterocycles. The first-order valence-electron chi connectivity index (χ1n) is 8.33. The van der Waals surface area contributed by atoms with E-state index in [1.807, 2.05) is 24.3 Å². The van der Waals surface area contributed by atoms with E-state index in [0.29, 0.717) is 17.0 Å². The molecule has 26 heavy (non-hydrogen) atoms. The molecule has 0 atom stereocenters. The number of hydrogen-bond donors (Lipinski definition) is 0. The van der Waals surface area contributed by atoms with Crippen LogP contribution in [0.4, 0.5) is 5.00 Å². The molecular weight excluding hydrogens is 352 g/mol. The van der Waals surface area contributed by atoms with Gasteiger partial charge in [-0.1, -0.05) is 12.1 Å². The summed E-state index contributed by atoms with van der Waals surface area (Å²) in [6.45, 7) is 3.25. The number of anilines is 1. The highest BCUT2D eigenvalue weighted by molar-refractivity contribution is 7.16. The Morgan fingerprint density at radius 1 is 1.19 bits per heavy atom. The first-order chi connectivity index (χ1) is 12.7. The molecule has 2 aliphatic rings. The third-order valence-electron chi connectivity index (χ3n) is 4.17. The second-order valence-corrected chi connectivity index (χ2v) is 6.91. The lowest BCUT2D eigenvalue weighted by atomic mass is 10.2. The highest BCUT2D eigenvalue weighted by Crippen LogP contribution is 2.30. The molecule has 0 radical (unpaired) electrons. The van der Waals surface area contributed by atoms with Crippen LogP contribution in [0.2, 0.25) is 0 Å². The molecule has 2 aliphatic heterocycles. The number of rotatable bonds is 4. The van der Waals surface area contributed by atoms with Crippen molar-refractivity contribution in [2.75, 3.05) is 38.3 Å². The molecule has 0 bridgehead atoms. The van der Waals surface area contributed by atoms with Gasteiger partial charge in [0.1, 0.15) is 5.75 Å². The summed E-state index contributed by atoms with van der Waals surface area (Å²) in [6.07, 6.45) is 1.76. The molecule has 4 rings (SSSR count). The van der Waals surface area contributed by atoms with Crippen LogP contribution >= 0.6 is 11.3 Å². The summed E-state index contributed by atoms with van der Waals surface area (Å²) >= 11 is 1.63. The van der Waals surface area contributed by atoms with Crippen LogP contribution in [0.3, 0.4) is 0 Å². The summed E-state index contributed by atoms with van der Waals surface area (Å²) in [5.41, 5.74) is 0.952. The highest BCUT2D eigenvalue weighted by atomic mass is 32.1. The van der Waals surface area contributed by atoms with Gasteiger partial charge in [-0.05, 0) is 30.3 Å². The number of ether oxygens (including phenoxy) is 3. The maximum Gasteiger partial charge on any atom is 0.363 e. The lowest BCUT2D eigenvalue weighted by Crippen LogP contribution is -2.35. The van der Waals surface area contributed by atoms with Gasteiger partial charge in [-0.3, -0.25) is 0 Å². The van der Waals surface area contributed by atoms with Gasteiger partial charge in [-0.2, -0.15) is 0 Å². The molecule has 0 unspecified atom stereocenters. The minimum Gasteiger partial charge on any atom is -0.496 e. The van der Waals surface area contributed by atoms with E-state index in [9.17, 15) is 4.79 Å². The van der Waals surface area contributed by atoms with Crippen molar-refractivity contribution in [1.82, 2.24) is 0 Å². The van der Waals surface area contributed by atoms with Crippen molar-refractivity contribution in [1.29, 1.82) is 0 Å². The maximum absolute atomic E-state index is 12.2. The number of morpholine rings is 1. The minimum absolute atomic E-state index is 0.267. The lowest BCUT2D eigenvalue weighted by Gasteiger charge is -2.27. The van der Waals surface area contributed by atoms with Crippen molar-refractivity contribution in [2.45, 2.75) is 0 Å². The van der Waals surface area contributed by atoms with Gasteiger partial charge in [0.25, 0.3) is 0 Å². The Hall–Kier alpha value is -2.64. The van der Waals surface area contributed by atoms with Crippen molar-refractivity contribution < 1.29 is 19.0 Å². The second-order valence-electron chi connectivity index (χ2n) is 5.81. The fourth-order valence-corrected chi connectivity index (χ4v) is 3.85. The van der Waals surface area contributed by atoms with Crippen LogP contribution in [-0.4, -0.2) is 45.3 Å². The average molecular weight is 370 g/mol. The smallest absolute Gasteiger partial charge is 0.363 e. The molecule has 2 aromatic rings. The number of cyclic esters (lactones) is 1. The first kappa shape index (κ1) is 16.8. The predicted octanol–water partition coefficient (Wildman–Crippen LogP) is 2.94. The Morgan fingerprint density at radius 3 is 2.81 bits per heavy atom. The molecule has 1 saturated heterocycles. The molecule has 0 aliphatic carbocycles. The number of esters is 1. The number of aliphatic imine (C=N–C) groups is 1. The summed E-state index contributed by atoms with van der Waals surface area (Å²) < 4.78 is 16.0. The lowest BCUT2D eigenvalue weighted by molar-refractivity contribution is -0.129. The van der Waals surface area contributed by atoms with Gasteiger partial charge in [0, 0.05) is 18.0 Å². The van der Waals surface area contributed by atoms with Crippen LogP contribution in [0.1, 0.15) is 10.4 Å². The van der Waals surface area contributed by atoms with E-state index in [-0.39, 0.29) is 5.90 Å². The zero-order valence-corrected chi connectivity index (χ0v) is 15.1. The summed E-state index contributed by atoms with van der Waals surface area (Å²) in [6, 6.07) is 11.4. The third kappa shape index (κ3) is 3.36. The Balaban J connectivity index is 1.58. The number of carbonyl (C=O) groups is 1. The molecule has 1 aromatic carbocycles. The van der Waals surface area contributed by atoms with Gasteiger partial charge in [-0.15, -0.1) is 11.3 Å². The molecular formula is C19H18N2O4S. The number of thiophene rings is 1. The third-order valence-corrected chi connectivity index (χ3v) is 5.27. The van der Waals surface area contributed by atoms with Crippen LogP contribution in [0.15, 0.2) is 47.1 Å². The van der Waals surface area contributed by atoms with Gasteiger partial charge in [0.15, 0.2) is 5.70 Å². The standard InChI is InChI=1S/C19H18N2O4S/c1-23-16-5-3-2-4-14(16)18-20-15(19(22)25-18)12-13-6-7-17(26-13)21-8-10-24-11-9-21/h2-7,12H,8-11H2,1H3/b15-12-. The zero-order chi connectivity index (χ0) is 17.9. The van der Waals surface area contributed by atoms with Gasteiger partial charge < -0.3 is 19.1 Å². The van der Waals surface area contributed by atoms with E-state index in [1.165, 1.54) is 5.00 Å². The molecule has 0 spiro atoms. The fraction of sp³-hybridized carbons (Fsp3) is 0.263. The number of hydrogen-bond acceptors (Lipinski definition) is 7. The van der Waals surface area contributed by atoms with E-state index in [0.717, 1.165) is 31.2 Å².